The van der Waals surface area contributed by atoms with Crippen LogP contribution in [0.25, 0.3) is 0 Å². The molecule has 0 bridgehead atoms. The summed E-state index contributed by atoms with van der Waals surface area (Å²) in [5.41, 5.74) is 1.55. The molecule has 0 saturated carbocycles. The zero-order chi connectivity index (χ0) is 12.6. The minimum Gasteiger partial charge on any atom is -0.387 e. The molecule has 1 heterocycles. The van der Waals surface area contributed by atoms with Crippen LogP contribution in [-0.2, 0) is 10.0 Å². The summed E-state index contributed by atoms with van der Waals surface area (Å²) in [6, 6.07) is 6.68. The molecule has 1 aromatic carbocycles. The lowest BCUT2D eigenvalue weighted by molar-refractivity contribution is 0.217. The Bertz CT molecular complexity index is 533. The molecule has 1 N–H and O–H groups in total. The number of rotatable bonds is 2. The van der Waals surface area contributed by atoms with Crippen molar-refractivity contribution < 1.29 is 13.5 Å². The monoisotopic (exact) mass is 253 g/mol. The first-order valence-electron chi connectivity index (χ1n) is 5.34. The molecule has 0 aliphatic carbocycles. The second kappa shape index (κ2) is 4.25. The Hall–Kier alpha value is -1.17. The molecule has 1 aromatic rings. The standard InChI is InChI=1S/C12H15NO3S/c1-9-3-5-11(6-4-9)17(15,16)13-7-10(2)12(14)8-13/h3-6,12,14H,2,7-8H2,1H3. The van der Waals surface area contributed by atoms with Crippen LogP contribution in [0.5, 0.6) is 0 Å². The molecule has 1 unspecified atom stereocenters. The average molecular weight is 253 g/mol. The van der Waals surface area contributed by atoms with Crippen LogP contribution in [-0.4, -0.2) is 37.0 Å². The van der Waals surface area contributed by atoms with Crippen molar-refractivity contribution >= 4 is 10.0 Å². The summed E-state index contributed by atoms with van der Waals surface area (Å²) in [7, 11) is -3.51. The number of β-amino-alcohol motifs (C(OH)–C–C–N with tert-alkyl or cyclic N) is 1. The van der Waals surface area contributed by atoms with Gasteiger partial charge in [0.2, 0.25) is 10.0 Å². The van der Waals surface area contributed by atoms with Gasteiger partial charge in [0.1, 0.15) is 0 Å². The second-order valence-corrected chi connectivity index (χ2v) is 6.22. The zero-order valence-corrected chi connectivity index (χ0v) is 10.4. The average Bonchev–Trinajstić information content (AvgIpc) is 2.60. The molecule has 5 heteroatoms. The van der Waals surface area contributed by atoms with Crippen LogP contribution in [0, 0.1) is 6.92 Å². The first-order chi connectivity index (χ1) is 7.91. The Morgan fingerprint density at radius 3 is 2.41 bits per heavy atom. The number of hydrogen-bond acceptors (Lipinski definition) is 3. The molecule has 1 saturated heterocycles. The van der Waals surface area contributed by atoms with Crippen molar-refractivity contribution in [1.29, 1.82) is 0 Å². The second-order valence-electron chi connectivity index (χ2n) is 4.28. The molecule has 92 valence electrons. The summed E-state index contributed by atoms with van der Waals surface area (Å²) in [6.45, 7) is 5.84. The lowest BCUT2D eigenvalue weighted by Crippen LogP contribution is -2.29. The zero-order valence-electron chi connectivity index (χ0n) is 9.63. The van der Waals surface area contributed by atoms with Crippen LogP contribution >= 0.6 is 0 Å². The van der Waals surface area contributed by atoms with E-state index in [1.54, 1.807) is 24.3 Å². The first-order valence-corrected chi connectivity index (χ1v) is 6.78. The third-order valence-electron chi connectivity index (χ3n) is 2.89. The molecule has 4 nitrogen and oxygen atoms in total. The molecule has 1 aliphatic heterocycles. The molecule has 0 radical (unpaired) electrons. The van der Waals surface area contributed by atoms with Crippen LogP contribution in [0.4, 0.5) is 0 Å². The van der Waals surface area contributed by atoms with Gasteiger partial charge in [-0.05, 0) is 24.6 Å². The normalized spacial score (nSPS) is 22.0. The van der Waals surface area contributed by atoms with Gasteiger partial charge in [0, 0.05) is 13.1 Å². The fourth-order valence-corrected chi connectivity index (χ4v) is 3.21. The Balaban J connectivity index is 2.31. The molecule has 1 aliphatic rings. The maximum atomic E-state index is 12.2. The first kappa shape index (κ1) is 12.3. The van der Waals surface area contributed by atoms with Crippen molar-refractivity contribution in [2.45, 2.75) is 17.9 Å². The lowest BCUT2D eigenvalue weighted by atomic mass is 10.2. The van der Waals surface area contributed by atoms with Gasteiger partial charge in [-0.2, -0.15) is 4.31 Å². The fourth-order valence-electron chi connectivity index (χ4n) is 1.76. The highest BCUT2D eigenvalue weighted by Gasteiger charge is 2.33. The minimum absolute atomic E-state index is 0.0923. The van der Waals surface area contributed by atoms with Crippen molar-refractivity contribution in [3.63, 3.8) is 0 Å². The fraction of sp³-hybridized carbons (Fsp3) is 0.333. The molecule has 0 spiro atoms. The van der Waals surface area contributed by atoms with Crippen LogP contribution in [0.3, 0.4) is 0 Å². The van der Waals surface area contributed by atoms with E-state index in [0.717, 1.165) is 5.56 Å². The van der Waals surface area contributed by atoms with E-state index in [1.165, 1.54) is 4.31 Å². The smallest absolute Gasteiger partial charge is 0.243 e. The molecule has 17 heavy (non-hydrogen) atoms. The summed E-state index contributed by atoms with van der Waals surface area (Å²) in [5.74, 6) is 0. The highest BCUT2D eigenvalue weighted by Crippen LogP contribution is 2.23. The topological polar surface area (TPSA) is 57.6 Å². The number of hydrogen-bond donors (Lipinski definition) is 1. The van der Waals surface area contributed by atoms with Crippen LogP contribution < -0.4 is 0 Å². The van der Waals surface area contributed by atoms with Gasteiger partial charge in [-0.1, -0.05) is 24.3 Å². The number of aliphatic hydroxyl groups excluding tert-OH is 1. The molecular formula is C12H15NO3S. The molecule has 0 amide bonds. The Kier molecular flexibility index (Phi) is 3.07. The van der Waals surface area contributed by atoms with E-state index in [0.29, 0.717) is 5.57 Å². The van der Waals surface area contributed by atoms with Gasteiger partial charge in [-0.25, -0.2) is 8.42 Å². The highest BCUT2D eigenvalue weighted by atomic mass is 32.2. The summed E-state index contributed by atoms with van der Waals surface area (Å²) in [5, 5.41) is 9.52. The lowest BCUT2D eigenvalue weighted by Gasteiger charge is -2.15. The van der Waals surface area contributed by atoms with E-state index in [9.17, 15) is 13.5 Å². The van der Waals surface area contributed by atoms with Gasteiger partial charge >= 0.3 is 0 Å². The van der Waals surface area contributed by atoms with E-state index >= 15 is 0 Å². The quantitative estimate of drug-likeness (QED) is 0.797. The molecule has 0 aromatic heterocycles. The molecule has 1 atom stereocenters. The van der Waals surface area contributed by atoms with Crippen molar-refractivity contribution in [1.82, 2.24) is 4.31 Å². The SMILES string of the molecule is C=C1CN(S(=O)(=O)c2ccc(C)cc2)CC1O. The van der Waals surface area contributed by atoms with Gasteiger partial charge in [0.15, 0.2) is 0 Å². The largest absolute Gasteiger partial charge is 0.387 e. The van der Waals surface area contributed by atoms with Crippen molar-refractivity contribution in [3.05, 3.63) is 42.0 Å². The summed E-state index contributed by atoms with van der Waals surface area (Å²) >= 11 is 0. The number of benzene rings is 1. The molecular weight excluding hydrogens is 238 g/mol. The third-order valence-corrected chi connectivity index (χ3v) is 4.71. The third kappa shape index (κ3) is 2.26. The highest BCUT2D eigenvalue weighted by molar-refractivity contribution is 7.89. The summed E-state index contributed by atoms with van der Waals surface area (Å²) < 4.78 is 25.7. The van der Waals surface area contributed by atoms with Crippen LogP contribution in [0.15, 0.2) is 41.3 Å². The number of aryl methyl sites for hydroxylation is 1. The van der Waals surface area contributed by atoms with E-state index in [4.69, 9.17) is 0 Å². The van der Waals surface area contributed by atoms with Crippen LogP contribution in [0.2, 0.25) is 0 Å². The van der Waals surface area contributed by atoms with Crippen molar-refractivity contribution in [3.8, 4) is 0 Å². The Morgan fingerprint density at radius 2 is 1.94 bits per heavy atom. The van der Waals surface area contributed by atoms with Gasteiger partial charge in [0.05, 0.1) is 11.0 Å². The van der Waals surface area contributed by atoms with Crippen LogP contribution in [0.1, 0.15) is 5.56 Å². The number of aliphatic hydroxyl groups is 1. The van der Waals surface area contributed by atoms with E-state index in [2.05, 4.69) is 6.58 Å². The van der Waals surface area contributed by atoms with E-state index < -0.39 is 16.1 Å². The Morgan fingerprint density at radius 1 is 1.35 bits per heavy atom. The predicted molar refractivity (Wildman–Crippen MR) is 65.1 cm³/mol. The van der Waals surface area contributed by atoms with E-state index in [1.807, 2.05) is 6.92 Å². The molecule has 2 rings (SSSR count). The maximum absolute atomic E-state index is 12.2. The van der Waals surface area contributed by atoms with Gasteiger partial charge < -0.3 is 5.11 Å². The Labute approximate surface area is 101 Å². The van der Waals surface area contributed by atoms with Crippen molar-refractivity contribution in [2.24, 2.45) is 0 Å². The number of sulfonamides is 1. The summed E-state index contributed by atoms with van der Waals surface area (Å²) in [6.07, 6.45) is -0.754. The number of nitrogens with zero attached hydrogens (tertiary/aromatic N) is 1. The summed E-state index contributed by atoms with van der Waals surface area (Å²) in [4.78, 5) is 0.255. The van der Waals surface area contributed by atoms with E-state index in [-0.39, 0.29) is 18.0 Å². The van der Waals surface area contributed by atoms with Gasteiger partial charge in [-0.15, -0.1) is 0 Å². The van der Waals surface area contributed by atoms with Gasteiger partial charge in [-0.3, -0.25) is 0 Å². The van der Waals surface area contributed by atoms with Gasteiger partial charge in [0.25, 0.3) is 0 Å². The minimum atomic E-state index is -3.51. The molecule has 1 fully saturated rings. The van der Waals surface area contributed by atoms with Crippen molar-refractivity contribution in [2.75, 3.05) is 13.1 Å². The maximum Gasteiger partial charge on any atom is 0.243 e. The predicted octanol–water partition coefficient (Wildman–Crippen LogP) is 0.916.